The zero-order chi connectivity index (χ0) is 14.8. The number of aromatic nitrogens is 2. The Balaban J connectivity index is 1.98. The maximum absolute atomic E-state index is 12.4. The van der Waals surface area contributed by atoms with Crippen molar-refractivity contribution in [3.05, 3.63) is 65.6 Å². The summed E-state index contributed by atoms with van der Waals surface area (Å²) in [6.07, 6.45) is 4.81. The molecule has 0 aliphatic heterocycles. The first-order valence-corrected chi connectivity index (χ1v) is 6.76. The summed E-state index contributed by atoms with van der Waals surface area (Å²) < 4.78 is 0. The van der Waals surface area contributed by atoms with E-state index in [4.69, 9.17) is 11.6 Å². The second-order valence-corrected chi connectivity index (χ2v) is 5.07. The number of hydrogen-bond acceptors (Lipinski definition) is 3. The molecule has 3 aromatic rings. The van der Waals surface area contributed by atoms with Gasteiger partial charge in [0.2, 0.25) is 0 Å². The fourth-order valence-corrected chi connectivity index (χ4v) is 2.27. The maximum atomic E-state index is 12.4. The van der Waals surface area contributed by atoms with Crippen molar-refractivity contribution < 1.29 is 4.79 Å². The lowest BCUT2D eigenvalue weighted by Crippen LogP contribution is -2.26. The first kappa shape index (κ1) is 13.5. The zero-order valence-electron chi connectivity index (χ0n) is 11.3. The van der Waals surface area contributed by atoms with Gasteiger partial charge < -0.3 is 4.90 Å². The average molecular weight is 298 g/mol. The molecule has 0 radical (unpaired) electrons. The number of anilines is 1. The van der Waals surface area contributed by atoms with Gasteiger partial charge in [0.1, 0.15) is 0 Å². The van der Waals surface area contributed by atoms with E-state index in [0.29, 0.717) is 10.6 Å². The summed E-state index contributed by atoms with van der Waals surface area (Å²) >= 11 is 5.96. The summed E-state index contributed by atoms with van der Waals surface area (Å²) in [6.45, 7) is 0. The van der Waals surface area contributed by atoms with Crippen molar-refractivity contribution in [2.24, 2.45) is 0 Å². The first-order chi connectivity index (χ1) is 10.1. The highest BCUT2D eigenvalue weighted by Gasteiger charge is 2.13. The van der Waals surface area contributed by atoms with E-state index < -0.39 is 0 Å². The highest BCUT2D eigenvalue weighted by molar-refractivity contribution is 6.31. The van der Waals surface area contributed by atoms with Gasteiger partial charge in [0.25, 0.3) is 5.91 Å². The van der Waals surface area contributed by atoms with Gasteiger partial charge in [-0.25, -0.2) is 0 Å². The third kappa shape index (κ3) is 2.71. The molecule has 0 aliphatic carbocycles. The Morgan fingerprint density at radius 2 is 1.90 bits per heavy atom. The van der Waals surface area contributed by atoms with Crippen LogP contribution in [0.4, 0.5) is 5.69 Å². The van der Waals surface area contributed by atoms with Crippen LogP contribution in [0.1, 0.15) is 10.4 Å². The summed E-state index contributed by atoms with van der Waals surface area (Å²) in [5.74, 6) is -0.0910. The molecule has 21 heavy (non-hydrogen) atoms. The molecule has 0 saturated carbocycles. The van der Waals surface area contributed by atoms with E-state index in [9.17, 15) is 4.79 Å². The van der Waals surface area contributed by atoms with Crippen LogP contribution in [-0.2, 0) is 0 Å². The van der Waals surface area contributed by atoms with E-state index in [1.54, 1.807) is 42.7 Å². The van der Waals surface area contributed by atoms with Crippen LogP contribution < -0.4 is 4.90 Å². The number of rotatable bonds is 2. The molecule has 3 rings (SSSR count). The molecule has 5 heteroatoms. The molecule has 1 amide bonds. The van der Waals surface area contributed by atoms with Crippen LogP contribution in [0.3, 0.4) is 0 Å². The molecule has 0 fully saturated rings. The molecule has 0 unspecified atom stereocenters. The van der Waals surface area contributed by atoms with Crippen molar-refractivity contribution in [1.82, 2.24) is 9.97 Å². The van der Waals surface area contributed by atoms with Crippen LogP contribution in [0.2, 0.25) is 5.02 Å². The molecule has 0 N–H and O–H groups in total. The molecule has 2 heterocycles. The van der Waals surface area contributed by atoms with Crippen molar-refractivity contribution >= 4 is 34.1 Å². The molecule has 0 aliphatic rings. The first-order valence-electron chi connectivity index (χ1n) is 6.38. The Labute approximate surface area is 127 Å². The highest BCUT2D eigenvalue weighted by Crippen LogP contribution is 2.23. The standard InChI is InChI=1S/C16H12ClN3O/c1-20(16(21)11-4-6-18-7-5-11)14-2-3-15-12(9-14)8-13(17)10-19-15/h2-10H,1H3. The second-order valence-electron chi connectivity index (χ2n) is 4.63. The van der Waals surface area contributed by atoms with E-state index >= 15 is 0 Å². The molecule has 4 nitrogen and oxygen atoms in total. The molecular weight excluding hydrogens is 286 g/mol. The average Bonchev–Trinajstić information content (AvgIpc) is 2.53. The predicted molar refractivity (Wildman–Crippen MR) is 83.7 cm³/mol. The van der Waals surface area contributed by atoms with Crippen molar-refractivity contribution in [2.75, 3.05) is 11.9 Å². The fraction of sp³-hybridized carbons (Fsp3) is 0.0625. The van der Waals surface area contributed by atoms with E-state index in [-0.39, 0.29) is 5.91 Å². The van der Waals surface area contributed by atoms with Gasteiger partial charge in [-0.05, 0) is 36.4 Å². The highest BCUT2D eigenvalue weighted by atomic mass is 35.5. The number of halogens is 1. The minimum Gasteiger partial charge on any atom is -0.311 e. The number of amides is 1. The Morgan fingerprint density at radius 3 is 2.67 bits per heavy atom. The molecular formula is C16H12ClN3O. The van der Waals surface area contributed by atoms with Gasteiger partial charge in [-0.1, -0.05) is 11.6 Å². The smallest absolute Gasteiger partial charge is 0.258 e. The van der Waals surface area contributed by atoms with Gasteiger partial charge in [0.05, 0.1) is 10.5 Å². The lowest BCUT2D eigenvalue weighted by atomic mass is 10.1. The SMILES string of the molecule is CN(C(=O)c1ccncc1)c1ccc2ncc(Cl)cc2c1. The van der Waals surface area contributed by atoms with Crippen molar-refractivity contribution in [3.8, 4) is 0 Å². The van der Waals surface area contributed by atoms with E-state index in [0.717, 1.165) is 16.6 Å². The monoisotopic (exact) mass is 297 g/mol. The van der Waals surface area contributed by atoms with Crippen molar-refractivity contribution in [1.29, 1.82) is 0 Å². The van der Waals surface area contributed by atoms with E-state index in [2.05, 4.69) is 9.97 Å². The summed E-state index contributed by atoms with van der Waals surface area (Å²) in [5, 5.41) is 1.47. The number of hydrogen-bond donors (Lipinski definition) is 0. The molecule has 0 bridgehead atoms. The molecule has 0 atom stereocenters. The number of carbonyl (C=O) groups excluding carboxylic acids is 1. The molecule has 104 valence electrons. The maximum Gasteiger partial charge on any atom is 0.258 e. The number of fused-ring (bicyclic) bond motifs is 1. The van der Waals surface area contributed by atoms with E-state index in [1.165, 1.54) is 0 Å². The number of carbonyl (C=O) groups is 1. The topological polar surface area (TPSA) is 46.1 Å². The summed E-state index contributed by atoms with van der Waals surface area (Å²) in [5.41, 5.74) is 2.22. The Morgan fingerprint density at radius 1 is 1.14 bits per heavy atom. The van der Waals surface area contributed by atoms with Crippen molar-refractivity contribution in [2.45, 2.75) is 0 Å². The Bertz CT molecular complexity index is 805. The largest absolute Gasteiger partial charge is 0.311 e. The number of nitrogens with zero attached hydrogens (tertiary/aromatic N) is 3. The van der Waals surface area contributed by atoms with Crippen LogP contribution in [0.5, 0.6) is 0 Å². The summed E-state index contributed by atoms with van der Waals surface area (Å²) in [6, 6.07) is 10.8. The van der Waals surface area contributed by atoms with E-state index in [1.807, 2.05) is 24.3 Å². The van der Waals surface area contributed by atoms with Crippen LogP contribution in [0.15, 0.2) is 55.0 Å². The molecule has 1 aromatic carbocycles. The molecule has 0 spiro atoms. The summed E-state index contributed by atoms with van der Waals surface area (Å²) in [4.78, 5) is 22.2. The van der Waals surface area contributed by atoms with Crippen molar-refractivity contribution in [3.63, 3.8) is 0 Å². The normalized spacial score (nSPS) is 10.6. The zero-order valence-corrected chi connectivity index (χ0v) is 12.1. The fourth-order valence-electron chi connectivity index (χ4n) is 2.11. The minimum absolute atomic E-state index is 0.0910. The van der Waals surface area contributed by atoms with Crippen LogP contribution >= 0.6 is 11.6 Å². The van der Waals surface area contributed by atoms with Gasteiger partial charge in [-0.2, -0.15) is 0 Å². The quantitative estimate of drug-likeness (QED) is 0.726. The number of benzene rings is 1. The Kier molecular flexibility index (Phi) is 3.54. The third-order valence-corrected chi connectivity index (χ3v) is 3.46. The molecule has 0 saturated heterocycles. The van der Waals surface area contributed by atoms with Crippen LogP contribution in [0.25, 0.3) is 10.9 Å². The Hall–Kier alpha value is -2.46. The van der Waals surface area contributed by atoms with Gasteiger partial charge in [-0.15, -0.1) is 0 Å². The molecule has 2 aromatic heterocycles. The van der Waals surface area contributed by atoms with Gasteiger partial charge in [0, 0.05) is 42.3 Å². The number of pyridine rings is 2. The van der Waals surface area contributed by atoms with Gasteiger partial charge >= 0.3 is 0 Å². The minimum atomic E-state index is -0.0910. The lowest BCUT2D eigenvalue weighted by molar-refractivity contribution is 0.0993. The van der Waals surface area contributed by atoms with Crippen LogP contribution in [-0.4, -0.2) is 22.9 Å². The second kappa shape index (κ2) is 5.50. The van der Waals surface area contributed by atoms with Crippen LogP contribution in [0, 0.1) is 0 Å². The lowest BCUT2D eigenvalue weighted by Gasteiger charge is -2.17. The predicted octanol–water partition coefficient (Wildman–Crippen LogP) is 3.56. The van der Waals surface area contributed by atoms with Gasteiger partial charge in [0.15, 0.2) is 0 Å². The van der Waals surface area contributed by atoms with Gasteiger partial charge in [-0.3, -0.25) is 14.8 Å². The third-order valence-electron chi connectivity index (χ3n) is 3.25. The summed E-state index contributed by atoms with van der Waals surface area (Å²) in [7, 11) is 1.74.